The Morgan fingerprint density at radius 3 is 2.75 bits per heavy atom. The molecule has 0 saturated heterocycles. The minimum atomic E-state index is -0.101. The van der Waals surface area contributed by atoms with E-state index in [9.17, 15) is 4.79 Å². The monoisotopic (exact) mass is 271 g/mol. The molecule has 2 aromatic rings. The molecule has 0 aliphatic carbocycles. The van der Waals surface area contributed by atoms with Crippen LogP contribution in [0.15, 0.2) is 41.2 Å². The third-order valence-corrected chi connectivity index (χ3v) is 3.38. The third-order valence-electron chi connectivity index (χ3n) is 3.38. The van der Waals surface area contributed by atoms with Gasteiger partial charge in [-0.3, -0.25) is 4.79 Å². The first kappa shape index (κ1) is 14.3. The van der Waals surface area contributed by atoms with Crippen molar-refractivity contribution in [3.8, 4) is 0 Å². The van der Waals surface area contributed by atoms with Gasteiger partial charge in [-0.1, -0.05) is 44.2 Å². The minimum absolute atomic E-state index is 0.101. The molecule has 1 unspecified atom stereocenters. The molecule has 106 valence electrons. The van der Waals surface area contributed by atoms with Gasteiger partial charge in [0.25, 0.3) is 5.56 Å². The fourth-order valence-electron chi connectivity index (χ4n) is 2.13. The van der Waals surface area contributed by atoms with Gasteiger partial charge in [0.05, 0.1) is 0 Å². The summed E-state index contributed by atoms with van der Waals surface area (Å²) in [4.78, 5) is 18.5. The molecule has 4 heteroatoms. The normalized spacial score (nSPS) is 12.1. The predicted molar refractivity (Wildman–Crippen MR) is 82.2 cm³/mol. The molecule has 2 rings (SSSR count). The van der Waals surface area contributed by atoms with E-state index in [4.69, 9.17) is 0 Å². The summed E-state index contributed by atoms with van der Waals surface area (Å²) < 4.78 is 0. The maximum absolute atomic E-state index is 11.5. The van der Waals surface area contributed by atoms with Crippen LogP contribution in [-0.2, 0) is 6.42 Å². The molecule has 0 aliphatic rings. The molecule has 1 aromatic carbocycles. The maximum Gasteiger partial charge on any atom is 0.252 e. The Morgan fingerprint density at radius 2 is 2.05 bits per heavy atom. The molecule has 0 bridgehead atoms. The second-order valence-electron chi connectivity index (χ2n) is 4.96. The Bertz CT molecular complexity index is 592. The van der Waals surface area contributed by atoms with Crippen LogP contribution in [0.2, 0.25) is 0 Å². The van der Waals surface area contributed by atoms with Crippen molar-refractivity contribution in [1.82, 2.24) is 9.97 Å². The Hall–Kier alpha value is -2.10. The molecule has 0 radical (unpaired) electrons. The molecule has 2 N–H and O–H groups in total. The van der Waals surface area contributed by atoms with Crippen LogP contribution < -0.4 is 10.9 Å². The lowest BCUT2D eigenvalue weighted by Gasteiger charge is -2.12. The predicted octanol–water partition coefficient (Wildman–Crippen LogP) is 2.94. The van der Waals surface area contributed by atoms with Crippen molar-refractivity contribution in [1.29, 1.82) is 0 Å². The van der Waals surface area contributed by atoms with Crippen molar-refractivity contribution in [2.45, 2.75) is 32.6 Å². The second-order valence-corrected chi connectivity index (χ2v) is 4.96. The van der Waals surface area contributed by atoms with Gasteiger partial charge in [0, 0.05) is 19.0 Å². The van der Waals surface area contributed by atoms with E-state index >= 15 is 0 Å². The van der Waals surface area contributed by atoms with E-state index in [-0.39, 0.29) is 5.56 Å². The fraction of sp³-hybridized carbons (Fsp3) is 0.375. The number of hydrogen-bond acceptors (Lipinski definition) is 3. The van der Waals surface area contributed by atoms with E-state index in [1.165, 1.54) is 11.6 Å². The van der Waals surface area contributed by atoms with Gasteiger partial charge < -0.3 is 10.3 Å². The van der Waals surface area contributed by atoms with Crippen LogP contribution in [-0.4, -0.2) is 16.5 Å². The summed E-state index contributed by atoms with van der Waals surface area (Å²) in [6.07, 6.45) is 1.73. The summed E-state index contributed by atoms with van der Waals surface area (Å²) in [5.74, 6) is 1.86. The summed E-state index contributed by atoms with van der Waals surface area (Å²) >= 11 is 0. The Morgan fingerprint density at radius 1 is 1.30 bits per heavy atom. The number of rotatable bonds is 6. The zero-order valence-corrected chi connectivity index (χ0v) is 12.0. The number of hydrogen-bond donors (Lipinski definition) is 2. The first-order valence-electron chi connectivity index (χ1n) is 7.08. The smallest absolute Gasteiger partial charge is 0.252 e. The Kier molecular flexibility index (Phi) is 4.93. The van der Waals surface area contributed by atoms with Gasteiger partial charge in [0.2, 0.25) is 0 Å². The number of aromatic nitrogens is 2. The number of nitrogens with one attached hydrogen (secondary N) is 2. The Labute approximate surface area is 119 Å². The van der Waals surface area contributed by atoms with Crippen LogP contribution in [0.1, 0.15) is 37.6 Å². The first-order chi connectivity index (χ1) is 9.69. The summed E-state index contributed by atoms with van der Waals surface area (Å²) in [6, 6.07) is 11.9. The van der Waals surface area contributed by atoms with Crippen LogP contribution in [0.5, 0.6) is 0 Å². The number of H-pyrrole nitrogens is 1. The average molecular weight is 271 g/mol. The number of nitrogens with zero attached hydrogens (tertiary/aromatic N) is 1. The van der Waals surface area contributed by atoms with E-state index < -0.39 is 0 Å². The highest BCUT2D eigenvalue weighted by Crippen LogP contribution is 2.18. The topological polar surface area (TPSA) is 57.8 Å². The molecule has 4 nitrogen and oxygen atoms in total. The zero-order chi connectivity index (χ0) is 14.4. The molecule has 0 aliphatic heterocycles. The highest BCUT2D eigenvalue weighted by atomic mass is 16.1. The number of aryl methyl sites for hydroxylation is 1. The SMILES string of the molecule is CCc1nc(NCCC(C)c2ccccc2)cc(=O)[nH]1. The number of benzene rings is 1. The number of anilines is 1. The molecule has 0 saturated carbocycles. The van der Waals surface area contributed by atoms with Gasteiger partial charge in [-0.15, -0.1) is 0 Å². The lowest BCUT2D eigenvalue weighted by atomic mass is 9.98. The molecule has 1 aromatic heterocycles. The largest absolute Gasteiger partial charge is 0.370 e. The van der Waals surface area contributed by atoms with E-state index in [1.807, 2.05) is 13.0 Å². The quantitative estimate of drug-likeness (QED) is 0.849. The second kappa shape index (κ2) is 6.89. The molecular formula is C16H21N3O. The lowest BCUT2D eigenvalue weighted by Crippen LogP contribution is -2.14. The van der Waals surface area contributed by atoms with E-state index in [2.05, 4.69) is 46.5 Å². The summed E-state index contributed by atoms with van der Waals surface area (Å²) in [5.41, 5.74) is 1.23. The van der Waals surface area contributed by atoms with Gasteiger partial charge in [0.1, 0.15) is 11.6 Å². The molecule has 0 spiro atoms. The van der Waals surface area contributed by atoms with Gasteiger partial charge in [0.15, 0.2) is 0 Å². The van der Waals surface area contributed by atoms with Crippen LogP contribution in [0, 0.1) is 0 Å². The maximum atomic E-state index is 11.5. The van der Waals surface area contributed by atoms with E-state index in [0.29, 0.717) is 11.7 Å². The van der Waals surface area contributed by atoms with Crippen molar-refractivity contribution < 1.29 is 0 Å². The third kappa shape index (κ3) is 3.95. The molecule has 0 fully saturated rings. The zero-order valence-electron chi connectivity index (χ0n) is 12.0. The van der Waals surface area contributed by atoms with Gasteiger partial charge in [-0.2, -0.15) is 0 Å². The highest BCUT2D eigenvalue weighted by Gasteiger charge is 2.05. The van der Waals surface area contributed by atoms with Crippen molar-refractivity contribution >= 4 is 5.82 Å². The van der Waals surface area contributed by atoms with Crippen LogP contribution in [0.3, 0.4) is 0 Å². The van der Waals surface area contributed by atoms with Crippen molar-refractivity contribution in [2.75, 3.05) is 11.9 Å². The Balaban J connectivity index is 1.90. The highest BCUT2D eigenvalue weighted by molar-refractivity contribution is 5.33. The molecule has 1 atom stereocenters. The van der Waals surface area contributed by atoms with E-state index in [1.54, 1.807) is 0 Å². The fourth-order valence-corrected chi connectivity index (χ4v) is 2.13. The first-order valence-corrected chi connectivity index (χ1v) is 7.08. The molecular weight excluding hydrogens is 250 g/mol. The lowest BCUT2D eigenvalue weighted by molar-refractivity contribution is 0.704. The van der Waals surface area contributed by atoms with E-state index in [0.717, 1.165) is 25.2 Å². The molecule has 1 heterocycles. The van der Waals surface area contributed by atoms with Gasteiger partial charge >= 0.3 is 0 Å². The van der Waals surface area contributed by atoms with Gasteiger partial charge in [-0.05, 0) is 17.9 Å². The van der Waals surface area contributed by atoms with Crippen LogP contribution in [0.25, 0.3) is 0 Å². The van der Waals surface area contributed by atoms with Crippen molar-refractivity contribution in [3.63, 3.8) is 0 Å². The average Bonchev–Trinajstić information content (AvgIpc) is 2.47. The van der Waals surface area contributed by atoms with Crippen molar-refractivity contribution in [3.05, 3.63) is 58.1 Å². The standard InChI is InChI=1S/C16H21N3O/c1-3-14-18-15(11-16(20)19-14)17-10-9-12(2)13-7-5-4-6-8-13/h4-8,11-12H,3,9-10H2,1-2H3,(H2,17,18,19,20). The summed E-state index contributed by atoms with van der Waals surface area (Å²) in [6.45, 7) is 4.98. The minimum Gasteiger partial charge on any atom is -0.370 e. The molecule has 0 amide bonds. The van der Waals surface area contributed by atoms with Crippen molar-refractivity contribution in [2.24, 2.45) is 0 Å². The number of aromatic amines is 1. The summed E-state index contributed by atoms with van der Waals surface area (Å²) in [7, 11) is 0. The van der Waals surface area contributed by atoms with Gasteiger partial charge in [-0.25, -0.2) is 4.98 Å². The van der Waals surface area contributed by atoms with Crippen LogP contribution >= 0.6 is 0 Å². The molecule has 20 heavy (non-hydrogen) atoms. The summed E-state index contributed by atoms with van der Waals surface area (Å²) in [5, 5.41) is 3.23. The van der Waals surface area contributed by atoms with Crippen LogP contribution in [0.4, 0.5) is 5.82 Å².